The Morgan fingerprint density at radius 2 is 2.20 bits per heavy atom. The quantitative estimate of drug-likeness (QED) is 0.725. The standard InChI is InChI=1S/C15H19ClN2O2/c1-11(2)18(8-4-7-17)10-14(19)12-5-6-15(20-3)13(16)9-12/h5-6,9,11H,4,8,10H2,1-3H3. The summed E-state index contributed by atoms with van der Waals surface area (Å²) in [6.07, 6.45) is 0.412. The number of ether oxygens (including phenoxy) is 1. The van der Waals surface area contributed by atoms with Crippen molar-refractivity contribution >= 4 is 17.4 Å². The second-order valence-corrected chi connectivity index (χ2v) is 5.15. The Hall–Kier alpha value is -1.57. The van der Waals surface area contributed by atoms with Gasteiger partial charge in [-0.3, -0.25) is 9.69 Å². The van der Waals surface area contributed by atoms with Crippen molar-refractivity contribution in [1.29, 1.82) is 5.26 Å². The van der Waals surface area contributed by atoms with Crippen LogP contribution in [0, 0.1) is 11.3 Å². The van der Waals surface area contributed by atoms with E-state index in [1.54, 1.807) is 18.2 Å². The van der Waals surface area contributed by atoms with Gasteiger partial charge in [-0.25, -0.2) is 0 Å². The zero-order valence-corrected chi connectivity index (χ0v) is 12.8. The molecule has 0 saturated heterocycles. The van der Waals surface area contributed by atoms with E-state index in [2.05, 4.69) is 6.07 Å². The van der Waals surface area contributed by atoms with Crippen molar-refractivity contribution in [2.24, 2.45) is 0 Å². The zero-order valence-electron chi connectivity index (χ0n) is 12.0. The lowest BCUT2D eigenvalue weighted by Gasteiger charge is -2.24. The fraction of sp³-hybridized carbons (Fsp3) is 0.467. The van der Waals surface area contributed by atoms with Crippen LogP contribution in [0.15, 0.2) is 18.2 Å². The highest BCUT2D eigenvalue weighted by Crippen LogP contribution is 2.25. The van der Waals surface area contributed by atoms with E-state index in [0.29, 0.717) is 29.3 Å². The number of benzene rings is 1. The summed E-state index contributed by atoms with van der Waals surface area (Å²) in [4.78, 5) is 14.2. The number of hydrogen-bond donors (Lipinski definition) is 0. The number of halogens is 1. The van der Waals surface area contributed by atoms with E-state index < -0.39 is 0 Å². The molecule has 0 spiro atoms. The Morgan fingerprint density at radius 3 is 2.70 bits per heavy atom. The number of carbonyl (C=O) groups is 1. The van der Waals surface area contributed by atoms with E-state index in [4.69, 9.17) is 21.6 Å². The number of Topliss-reactive ketones (excluding diaryl/α,β-unsaturated/α-hetero) is 1. The summed E-state index contributed by atoms with van der Waals surface area (Å²) in [6.45, 7) is 4.88. The van der Waals surface area contributed by atoms with Gasteiger partial charge >= 0.3 is 0 Å². The third kappa shape index (κ3) is 4.52. The molecule has 0 aliphatic carbocycles. The van der Waals surface area contributed by atoms with Crippen molar-refractivity contribution in [1.82, 2.24) is 4.90 Å². The SMILES string of the molecule is COc1ccc(C(=O)CN(CCC#N)C(C)C)cc1Cl. The molecule has 20 heavy (non-hydrogen) atoms. The minimum Gasteiger partial charge on any atom is -0.495 e. The van der Waals surface area contributed by atoms with Crippen molar-refractivity contribution in [3.8, 4) is 11.8 Å². The second kappa shape index (κ2) is 7.88. The van der Waals surface area contributed by atoms with Crippen LogP contribution in [-0.4, -0.2) is 36.9 Å². The molecule has 1 aromatic rings. The maximum atomic E-state index is 12.3. The highest BCUT2D eigenvalue weighted by Gasteiger charge is 2.16. The lowest BCUT2D eigenvalue weighted by Crippen LogP contribution is -2.36. The molecule has 5 heteroatoms. The Labute approximate surface area is 124 Å². The third-order valence-electron chi connectivity index (χ3n) is 3.06. The number of nitrogens with zero attached hydrogens (tertiary/aromatic N) is 2. The number of ketones is 1. The number of carbonyl (C=O) groups excluding carboxylic acids is 1. The van der Waals surface area contributed by atoms with Crippen molar-refractivity contribution < 1.29 is 9.53 Å². The van der Waals surface area contributed by atoms with Crippen molar-refractivity contribution in [3.05, 3.63) is 28.8 Å². The monoisotopic (exact) mass is 294 g/mol. The first-order valence-corrected chi connectivity index (χ1v) is 6.85. The predicted molar refractivity (Wildman–Crippen MR) is 79.3 cm³/mol. The van der Waals surface area contributed by atoms with Crippen LogP contribution >= 0.6 is 11.6 Å². The lowest BCUT2D eigenvalue weighted by molar-refractivity contribution is 0.0908. The molecular formula is C15H19ClN2O2. The molecule has 0 aliphatic heterocycles. The molecule has 0 amide bonds. The summed E-state index contributed by atoms with van der Waals surface area (Å²) < 4.78 is 5.06. The number of methoxy groups -OCH3 is 1. The Bertz CT molecular complexity index is 509. The molecular weight excluding hydrogens is 276 g/mol. The van der Waals surface area contributed by atoms with Crippen molar-refractivity contribution in [2.45, 2.75) is 26.3 Å². The molecule has 0 unspecified atom stereocenters. The smallest absolute Gasteiger partial charge is 0.176 e. The lowest BCUT2D eigenvalue weighted by atomic mass is 10.1. The Morgan fingerprint density at radius 1 is 1.50 bits per heavy atom. The molecule has 0 aliphatic rings. The van der Waals surface area contributed by atoms with Gasteiger partial charge in [-0.2, -0.15) is 5.26 Å². The first-order valence-electron chi connectivity index (χ1n) is 6.47. The second-order valence-electron chi connectivity index (χ2n) is 4.74. The highest BCUT2D eigenvalue weighted by molar-refractivity contribution is 6.32. The molecule has 0 saturated carbocycles. The minimum absolute atomic E-state index is 0.0128. The molecule has 1 rings (SSSR count). The van der Waals surface area contributed by atoms with Crippen molar-refractivity contribution in [3.63, 3.8) is 0 Å². The highest BCUT2D eigenvalue weighted by atomic mass is 35.5. The number of hydrogen-bond acceptors (Lipinski definition) is 4. The average molecular weight is 295 g/mol. The van der Waals surface area contributed by atoms with Gasteiger partial charge in [0, 0.05) is 24.6 Å². The molecule has 0 heterocycles. The summed E-state index contributed by atoms with van der Waals surface area (Å²) in [7, 11) is 1.53. The molecule has 0 fully saturated rings. The molecule has 0 bridgehead atoms. The Balaban J connectivity index is 2.78. The zero-order chi connectivity index (χ0) is 15.1. The summed E-state index contributed by atoms with van der Waals surface area (Å²) in [5.74, 6) is 0.537. The van der Waals surface area contributed by atoms with Crippen molar-refractivity contribution in [2.75, 3.05) is 20.2 Å². The summed E-state index contributed by atoms with van der Waals surface area (Å²) >= 11 is 6.02. The molecule has 0 atom stereocenters. The van der Waals surface area contributed by atoms with Crippen LogP contribution in [0.3, 0.4) is 0 Å². The van der Waals surface area contributed by atoms with Crippen LogP contribution < -0.4 is 4.74 Å². The molecule has 0 aromatic heterocycles. The third-order valence-corrected chi connectivity index (χ3v) is 3.36. The summed E-state index contributed by atoms with van der Waals surface area (Å²) in [6, 6.07) is 7.31. The van der Waals surface area contributed by atoms with Gasteiger partial charge in [0.25, 0.3) is 0 Å². The van der Waals surface area contributed by atoms with E-state index in [-0.39, 0.29) is 18.4 Å². The molecule has 0 radical (unpaired) electrons. The van der Waals surface area contributed by atoms with Crippen LogP contribution in [0.25, 0.3) is 0 Å². The predicted octanol–water partition coefficient (Wildman–Crippen LogP) is 3.16. The first kappa shape index (κ1) is 16.5. The number of nitriles is 1. The maximum Gasteiger partial charge on any atom is 0.176 e. The molecule has 108 valence electrons. The van der Waals surface area contributed by atoms with Gasteiger partial charge in [-0.1, -0.05) is 11.6 Å². The van der Waals surface area contributed by atoms with E-state index >= 15 is 0 Å². The van der Waals surface area contributed by atoms with Crippen LogP contribution in [0.1, 0.15) is 30.6 Å². The average Bonchev–Trinajstić information content (AvgIpc) is 2.42. The van der Waals surface area contributed by atoms with Crippen LogP contribution in [0.2, 0.25) is 5.02 Å². The Kier molecular flexibility index (Phi) is 6.50. The van der Waals surface area contributed by atoms with E-state index in [9.17, 15) is 4.79 Å². The topological polar surface area (TPSA) is 53.3 Å². The maximum absolute atomic E-state index is 12.3. The summed E-state index contributed by atoms with van der Waals surface area (Å²) in [5.41, 5.74) is 0.554. The van der Waals surface area contributed by atoms with E-state index in [0.717, 1.165) is 0 Å². The van der Waals surface area contributed by atoms with Gasteiger partial charge in [-0.15, -0.1) is 0 Å². The van der Waals surface area contributed by atoms with E-state index in [1.165, 1.54) is 7.11 Å². The van der Waals surface area contributed by atoms with Gasteiger partial charge in [0.05, 0.1) is 24.7 Å². The van der Waals surface area contributed by atoms with Crippen LogP contribution in [-0.2, 0) is 0 Å². The fourth-order valence-corrected chi connectivity index (χ4v) is 2.09. The fourth-order valence-electron chi connectivity index (χ4n) is 1.83. The first-order chi connectivity index (χ1) is 9.49. The van der Waals surface area contributed by atoms with Gasteiger partial charge in [0.15, 0.2) is 5.78 Å². The normalized spacial score (nSPS) is 10.7. The van der Waals surface area contributed by atoms with Crippen LogP contribution in [0.4, 0.5) is 0 Å². The van der Waals surface area contributed by atoms with E-state index in [1.807, 2.05) is 18.7 Å². The molecule has 1 aromatic carbocycles. The van der Waals surface area contributed by atoms with Gasteiger partial charge in [-0.05, 0) is 32.0 Å². The van der Waals surface area contributed by atoms with Gasteiger partial charge in [0.2, 0.25) is 0 Å². The summed E-state index contributed by atoms with van der Waals surface area (Å²) in [5, 5.41) is 9.07. The molecule has 0 N–H and O–H groups in total. The molecule has 4 nitrogen and oxygen atoms in total. The van der Waals surface area contributed by atoms with Gasteiger partial charge < -0.3 is 4.74 Å². The number of rotatable bonds is 7. The largest absolute Gasteiger partial charge is 0.495 e. The van der Waals surface area contributed by atoms with Gasteiger partial charge in [0.1, 0.15) is 5.75 Å². The minimum atomic E-state index is -0.0128. The van der Waals surface area contributed by atoms with Crippen LogP contribution in [0.5, 0.6) is 5.75 Å².